The van der Waals surface area contributed by atoms with Crippen molar-refractivity contribution in [3.63, 3.8) is 0 Å². The average molecular weight is 259 g/mol. The Kier molecular flexibility index (Phi) is 4.03. The molecular formula is C14H17N3O2. The maximum Gasteiger partial charge on any atom is 0.230 e. The molecule has 1 amide bonds. The lowest BCUT2D eigenvalue weighted by molar-refractivity contribution is -0.138. The molecule has 0 spiro atoms. The van der Waals surface area contributed by atoms with E-state index in [2.05, 4.69) is 0 Å². The lowest BCUT2D eigenvalue weighted by Crippen LogP contribution is -2.46. The number of benzene rings is 1. The second kappa shape index (κ2) is 5.72. The fourth-order valence-corrected chi connectivity index (χ4v) is 2.17. The van der Waals surface area contributed by atoms with Gasteiger partial charge in [0, 0.05) is 12.2 Å². The molecule has 0 bridgehead atoms. The van der Waals surface area contributed by atoms with Gasteiger partial charge in [-0.25, -0.2) is 0 Å². The first-order valence-electron chi connectivity index (χ1n) is 6.27. The number of hydrogen-bond acceptors (Lipinski definition) is 4. The maximum atomic E-state index is 12.4. The largest absolute Gasteiger partial charge is 0.399 e. The van der Waals surface area contributed by atoms with Crippen molar-refractivity contribution in [3.05, 3.63) is 29.8 Å². The number of hydrogen-bond donors (Lipinski definition) is 1. The van der Waals surface area contributed by atoms with Gasteiger partial charge in [0.2, 0.25) is 5.91 Å². The summed E-state index contributed by atoms with van der Waals surface area (Å²) < 4.78 is 5.24. The Hall–Kier alpha value is -2.06. The van der Waals surface area contributed by atoms with Crippen LogP contribution >= 0.6 is 0 Å². The normalized spacial score (nSPS) is 20.6. The molecule has 1 aliphatic heterocycles. The Morgan fingerprint density at radius 2 is 2.42 bits per heavy atom. The molecule has 1 aliphatic rings. The molecule has 2 unspecified atom stereocenters. The van der Waals surface area contributed by atoms with E-state index in [0.717, 1.165) is 5.56 Å². The van der Waals surface area contributed by atoms with Crippen LogP contribution in [0.3, 0.4) is 0 Å². The van der Waals surface area contributed by atoms with Crippen molar-refractivity contribution < 1.29 is 9.53 Å². The summed E-state index contributed by atoms with van der Waals surface area (Å²) in [5, 5.41) is 8.85. The number of nitrogens with two attached hydrogens (primary N) is 1. The van der Waals surface area contributed by atoms with Gasteiger partial charge in [-0.05, 0) is 24.6 Å². The molecule has 2 rings (SSSR count). The third-order valence-electron chi connectivity index (χ3n) is 3.30. The molecule has 0 aliphatic carbocycles. The van der Waals surface area contributed by atoms with Gasteiger partial charge in [-0.2, -0.15) is 5.26 Å². The summed E-state index contributed by atoms with van der Waals surface area (Å²) in [6, 6.07) is 9.37. The Balaban J connectivity index is 2.09. The fraction of sp³-hybridized carbons (Fsp3) is 0.429. The summed E-state index contributed by atoms with van der Waals surface area (Å²) >= 11 is 0. The van der Waals surface area contributed by atoms with Crippen LogP contribution in [0.1, 0.15) is 18.4 Å². The van der Waals surface area contributed by atoms with Crippen molar-refractivity contribution in [2.75, 3.05) is 25.4 Å². The van der Waals surface area contributed by atoms with E-state index < -0.39 is 6.10 Å². The van der Waals surface area contributed by atoms with E-state index in [1.807, 2.05) is 31.2 Å². The van der Waals surface area contributed by atoms with E-state index in [-0.39, 0.29) is 11.8 Å². The zero-order valence-corrected chi connectivity index (χ0v) is 10.9. The second-order valence-corrected chi connectivity index (χ2v) is 4.66. The monoisotopic (exact) mass is 259 g/mol. The highest BCUT2D eigenvalue weighted by Crippen LogP contribution is 2.21. The van der Waals surface area contributed by atoms with Gasteiger partial charge >= 0.3 is 0 Å². The predicted octanol–water partition coefficient (Wildman–Crippen LogP) is 1.12. The minimum Gasteiger partial charge on any atom is -0.399 e. The Morgan fingerprint density at radius 1 is 1.63 bits per heavy atom. The van der Waals surface area contributed by atoms with Crippen LogP contribution in [-0.4, -0.2) is 36.6 Å². The smallest absolute Gasteiger partial charge is 0.230 e. The van der Waals surface area contributed by atoms with Crippen LogP contribution in [-0.2, 0) is 9.53 Å². The molecule has 5 heteroatoms. The van der Waals surface area contributed by atoms with Gasteiger partial charge in [-0.15, -0.1) is 0 Å². The van der Waals surface area contributed by atoms with Crippen molar-refractivity contribution in [2.24, 2.45) is 0 Å². The molecule has 5 nitrogen and oxygen atoms in total. The fourth-order valence-electron chi connectivity index (χ4n) is 2.17. The number of carbonyl (C=O) groups excluding carboxylic acids is 1. The third-order valence-corrected chi connectivity index (χ3v) is 3.30. The molecule has 1 fully saturated rings. The highest BCUT2D eigenvalue weighted by atomic mass is 16.5. The Morgan fingerprint density at radius 3 is 3.11 bits per heavy atom. The van der Waals surface area contributed by atoms with Crippen molar-refractivity contribution in [3.8, 4) is 6.07 Å². The number of carbonyl (C=O) groups is 1. The van der Waals surface area contributed by atoms with Gasteiger partial charge in [0.25, 0.3) is 0 Å². The van der Waals surface area contributed by atoms with Gasteiger partial charge in [0.05, 0.1) is 25.1 Å². The predicted molar refractivity (Wildman–Crippen MR) is 71.2 cm³/mol. The second-order valence-electron chi connectivity index (χ2n) is 4.66. The molecule has 1 aromatic rings. The molecule has 0 radical (unpaired) electrons. The van der Waals surface area contributed by atoms with Crippen LogP contribution in [0, 0.1) is 11.3 Å². The molecule has 2 N–H and O–H groups in total. The van der Waals surface area contributed by atoms with E-state index in [1.165, 1.54) is 0 Å². The summed E-state index contributed by atoms with van der Waals surface area (Å²) in [4.78, 5) is 14.1. The van der Waals surface area contributed by atoms with Crippen LogP contribution in [0.5, 0.6) is 0 Å². The van der Waals surface area contributed by atoms with Crippen LogP contribution in [0.2, 0.25) is 0 Å². The number of nitriles is 1. The van der Waals surface area contributed by atoms with Crippen LogP contribution in [0.4, 0.5) is 5.69 Å². The molecular weight excluding hydrogens is 242 g/mol. The number of anilines is 1. The molecule has 19 heavy (non-hydrogen) atoms. The average Bonchev–Trinajstić information content (AvgIpc) is 2.45. The maximum absolute atomic E-state index is 12.4. The number of nitrogen functional groups attached to an aromatic ring is 1. The lowest BCUT2D eigenvalue weighted by Gasteiger charge is -2.31. The summed E-state index contributed by atoms with van der Waals surface area (Å²) in [5.74, 6) is -0.255. The van der Waals surface area contributed by atoms with E-state index in [1.54, 1.807) is 11.0 Å². The molecule has 1 heterocycles. The zero-order chi connectivity index (χ0) is 13.8. The molecule has 1 saturated heterocycles. The first-order chi connectivity index (χ1) is 9.11. The quantitative estimate of drug-likeness (QED) is 0.807. The Bertz CT molecular complexity index is 510. The van der Waals surface area contributed by atoms with Crippen molar-refractivity contribution in [2.45, 2.75) is 18.9 Å². The van der Waals surface area contributed by atoms with Crippen LogP contribution < -0.4 is 5.73 Å². The molecule has 0 aromatic heterocycles. The van der Waals surface area contributed by atoms with Gasteiger partial charge in [-0.1, -0.05) is 12.1 Å². The van der Waals surface area contributed by atoms with Crippen molar-refractivity contribution in [1.82, 2.24) is 4.90 Å². The van der Waals surface area contributed by atoms with Crippen LogP contribution in [0.25, 0.3) is 0 Å². The first-order valence-corrected chi connectivity index (χ1v) is 6.27. The minimum absolute atomic E-state index is 0.00847. The van der Waals surface area contributed by atoms with E-state index in [4.69, 9.17) is 15.7 Å². The van der Waals surface area contributed by atoms with Gasteiger partial charge in [-0.3, -0.25) is 4.79 Å². The summed E-state index contributed by atoms with van der Waals surface area (Å²) in [6.07, 6.45) is -0.522. The summed E-state index contributed by atoms with van der Waals surface area (Å²) in [6.45, 7) is 3.13. The van der Waals surface area contributed by atoms with Crippen molar-refractivity contribution in [1.29, 1.82) is 5.26 Å². The number of morpholine rings is 1. The summed E-state index contributed by atoms with van der Waals surface area (Å²) in [7, 11) is 0. The molecule has 2 atom stereocenters. The molecule has 100 valence electrons. The van der Waals surface area contributed by atoms with E-state index >= 15 is 0 Å². The molecule has 0 saturated carbocycles. The minimum atomic E-state index is -0.522. The SMILES string of the molecule is CC(C(=O)N1CCOC(C#N)C1)c1cccc(N)c1. The highest BCUT2D eigenvalue weighted by Gasteiger charge is 2.27. The van der Waals surface area contributed by atoms with E-state index in [9.17, 15) is 4.79 Å². The number of nitrogens with zero attached hydrogens (tertiary/aromatic N) is 2. The topological polar surface area (TPSA) is 79.3 Å². The van der Waals surface area contributed by atoms with Crippen LogP contribution in [0.15, 0.2) is 24.3 Å². The third kappa shape index (κ3) is 3.04. The number of rotatable bonds is 2. The molecule has 1 aromatic carbocycles. The zero-order valence-electron chi connectivity index (χ0n) is 10.9. The number of amides is 1. The van der Waals surface area contributed by atoms with Gasteiger partial charge in [0.15, 0.2) is 6.10 Å². The standard InChI is InChI=1S/C14H17N3O2/c1-10(11-3-2-4-12(16)7-11)14(18)17-5-6-19-13(8-15)9-17/h2-4,7,10,13H,5-6,9,16H2,1H3. The van der Waals surface area contributed by atoms with Crippen molar-refractivity contribution >= 4 is 11.6 Å². The summed E-state index contributed by atoms with van der Waals surface area (Å²) in [5.41, 5.74) is 7.27. The van der Waals surface area contributed by atoms with E-state index in [0.29, 0.717) is 25.4 Å². The Labute approximate surface area is 112 Å². The first kappa shape index (κ1) is 13.4. The van der Waals surface area contributed by atoms with Gasteiger partial charge < -0.3 is 15.4 Å². The van der Waals surface area contributed by atoms with Gasteiger partial charge in [0.1, 0.15) is 0 Å². The highest BCUT2D eigenvalue weighted by molar-refractivity contribution is 5.83. The number of ether oxygens (including phenoxy) is 1. The lowest BCUT2D eigenvalue weighted by atomic mass is 9.99.